The summed E-state index contributed by atoms with van der Waals surface area (Å²) in [5.41, 5.74) is 4.92. The molecule has 0 radical (unpaired) electrons. The molecule has 0 bridgehead atoms. The quantitative estimate of drug-likeness (QED) is 0.431. The van der Waals surface area contributed by atoms with Crippen LogP contribution in [0.25, 0.3) is 45.6 Å². The van der Waals surface area contributed by atoms with E-state index in [0.717, 1.165) is 33.8 Å². The Morgan fingerprint density at radius 2 is 1.16 bits per heavy atom. The van der Waals surface area contributed by atoms with Gasteiger partial charge in [-0.05, 0) is 37.3 Å². The lowest BCUT2D eigenvalue weighted by atomic mass is 10.1. The summed E-state index contributed by atoms with van der Waals surface area (Å²) < 4.78 is 5.21. The molecule has 5 aromatic rings. The van der Waals surface area contributed by atoms with Crippen LogP contribution in [-0.2, 0) is 0 Å². The maximum atomic E-state index is 5.21. The maximum Gasteiger partial charge on any atom is 0.181 e. The fourth-order valence-electron chi connectivity index (χ4n) is 3.30. The Morgan fingerprint density at radius 3 is 1.68 bits per heavy atom. The molecule has 3 aromatic carbocycles. The largest absolute Gasteiger partial charge is 0.497 e. The van der Waals surface area contributed by atoms with E-state index in [2.05, 4.69) is 49.4 Å². The fraction of sp³-hybridized carbons (Fsp3) is 0.0833. The molecule has 2 heterocycles. The lowest BCUT2D eigenvalue weighted by Gasteiger charge is -2.00. The highest BCUT2D eigenvalue weighted by molar-refractivity contribution is 5.69. The van der Waals surface area contributed by atoms with Crippen LogP contribution in [0.1, 0.15) is 5.56 Å². The van der Waals surface area contributed by atoms with Crippen molar-refractivity contribution < 1.29 is 4.74 Å². The molecule has 0 spiro atoms. The van der Waals surface area contributed by atoms with E-state index in [4.69, 9.17) is 4.74 Å². The second kappa shape index (κ2) is 7.87. The fourth-order valence-corrected chi connectivity index (χ4v) is 3.30. The number of rotatable bonds is 5. The zero-order valence-electron chi connectivity index (χ0n) is 17.1. The highest BCUT2D eigenvalue weighted by Gasteiger charge is 2.12. The molecular weight excluding hydrogens is 388 g/mol. The maximum absolute atomic E-state index is 5.21. The average Bonchev–Trinajstić information content (AvgIpc) is 3.50. The number of ether oxygens (including phenoxy) is 1. The van der Waals surface area contributed by atoms with Crippen LogP contribution in [0.2, 0.25) is 0 Å². The van der Waals surface area contributed by atoms with Crippen LogP contribution in [-0.4, -0.2) is 37.5 Å². The molecule has 7 nitrogen and oxygen atoms in total. The molecule has 0 saturated heterocycles. The molecule has 152 valence electrons. The monoisotopic (exact) mass is 408 g/mol. The highest BCUT2D eigenvalue weighted by Crippen LogP contribution is 2.26. The van der Waals surface area contributed by atoms with Gasteiger partial charge in [-0.15, -0.1) is 0 Å². The lowest BCUT2D eigenvalue weighted by Crippen LogP contribution is -1.86. The summed E-state index contributed by atoms with van der Waals surface area (Å²) in [5.74, 6) is 3.47. The number of hydrogen-bond donors (Lipinski definition) is 2. The van der Waals surface area contributed by atoms with Crippen LogP contribution < -0.4 is 4.74 Å². The number of methoxy groups -OCH3 is 1. The summed E-state index contributed by atoms with van der Waals surface area (Å²) in [6, 6.07) is 23.7. The Balaban J connectivity index is 1.42. The van der Waals surface area contributed by atoms with Gasteiger partial charge in [0.05, 0.1) is 7.11 Å². The van der Waals surface area contributed by atoms with Crippen molar-refractivity contribution in [1.82, 2.24) is 30.4 Å². The first-order valence-corrected chi connectivity index (χ1v) is 9.87. The van der Waals surface area contributed by atoms with Gasteiger partial charge in [0.2, 0.25) is 0 Å². The summed E-state index contributed by atoms with van der Waals surface area (Å²) in [6.45, 7) is 2.06. The van der Waals surface area contributed by atoms with E-state index >= 15 is 0 Å². The molecule has 0 aliphatic carbocycles. The van der Waals surface area contributed by atoms with Crippen molar-refractivity contribution in [3.8, 4) is 51.3 Å². The molecule has 7 heteroatoms. The first-order valence-electron chi connectivity index (χ1n) is 9.87. The van der Waals surface area contributed by atoms with E-state index in [1.165, 1.54) is 5.56 Å². The van der Waals surface area contributed by atoms with Gasteiger partial charge in [0.25, 0.3) is 0 Å². The van der Waals surface area contributed by atoms with Crippen LogP contribution in [0.5, 0.6) is 5.75 Å². The van der Waals surface area contributed by atoms with Crippen molar-refractivity contribution in [1.29, 1.82) is 0 Å². The molecule has 5 rings (SSSR count). The van der Waals surface area contributed by atoms with Crippen molar-refractivity contribution in [3.63, 3.8) is 0 Å². The number of aromatic nitrogens is 6. The van der Waals surface area contributed by atoms with Crippen LogP contribution in [0.4, 0.5) is 0 Å². The third kappa shape index (κ3) is 3.81. The third-order valence-corrected chi connectivity index (χ3v) is 5.04. The van der Waals surface area contributed by atoms with E-state index in [9.17, 15) is 0 Å². The number of benzene rings is 3. The van der Waals surface area contributed by atoms with Crippen molar-refractivity contribution in [2.24, 2.45) is 0 Å². The van der Waals surface area contributed by atoms with Crippen LogP contribution in [0.3, 0.4) is 0 Å². The van der Waals surface area contributed by atoms with Gasteiger partial charge in [-0.1, -0.05) is 48.0 Å². The Morgan fingerprint density at radius 1 is 0.645 bits per heavy atom. The minimum absolute atomic E-state index is 0.613. The molecule has 0 amide bonds. The zero-order valence-corrected chi connectivity index (χ0v) is 17.1. The van der Waals surface area contributed by atoms with E-state index in [0.29, 0.717) is 17.5 Å². The van der Waals surface area contributed by atoms with Gasteiger partial charge in [0.15, 0.2) is 23.3 Å². The zero-order chi connectivity index (χ0) is 21.2. The predicted molar refractivity (Wildman–Crippen MR) is 119 cm³/mol. The van der Waals surface area contributed by atoms with E-state index in [1.807, 2.05) is 60.7 Å². The smallest absolute Gasteiger partial charge is 0.181 e. The van der Waals surface area contributed by atoms with Crippen molar-refractivity contribution >= 4 is 0 Å². The predicted octanol–water partition coefficient (Wildman–Crippen LogP) is 4.91. The summed E-state index contributed by atoms with van der Waals surface area (Å²) in [7, 11) is 1.65. The topological polar surface area (TPSA) is 92.4 Å². The van der Waals surface area contributed by atoms with Crippen LogP contribution in [0, 0.1) is 6.92 Å². The standard InChI is InChI=1S/C24H20N6O/c1-15-6-8-16(9-7-15)21-25-23(29-27-21)18-4-3-5-19(14-18)24-26-22(28-30-24)17-10-12-20(31-2)13-11-17/h3-14H,1-2H3,(H,25,27,29)(H,26,28,30). The van der Waals surface area contributed by atoms with E-state index in [1.54, 1.807) is 7.11 Å². The minimum Gasteiger partial charge on any atom is -0.497 e. The molecule has 0 fully saturated rings. The highest BCUT2D eigenvalue weighted by atomic mass is 16.5. The van der Waals surface area contributed by atoms with Crippen molar-refractivity contribution in [3.05, 3.63) is 78.4 Å². The van der Waals surface area contributed by atoms with Gasteiger partial charge in [-0.25, -0.2) is 9.97 Å². The number of hydrogen-bond acceptors (Lipinski definition) is 5. The first-order chi connectivity index (χ1) is 15.2. The molecule has 0 aliphatic heterocycles. The molecule has 0 atom stereocenters. The number of aromatic amines is 2. The second-order valence-corrected chi connectivity index (χ2v) is 7.19. The Bertz CT molecular complexity index is 1320. The molecule has 2 aromatic heterocycles. The van der Waals surface area contributed by atoms with Gasteiger partial charge >= 0.3 is 0 Å². The Labute approximate surface area is 179 Å². The van der Waals surface area contributed by atoms with Gasteiger partial charge < -0.3 is 4.74 Å². The van der Waals surface area contributed by atoms with E-state index in [-0.39, 0.29) is 0 Å². The molecule has 31 heavy (non-hydrogen) atoms. The molecule has 2 N–H and O–H groups in total. The van der Waals surface area contributed by atoms with Gasteiger partial charge in [-0.3, -0.25) is 10.2 Å². The summed E-state index contributed by atoms with van der Waals surface area (Å²) in [6.07, 6.45) is 0. The SMILES string of the molecule is COc1ccc(-c2nc(-c3cccc(-c4n[nH]c(-c5ccc(C)cc5)n4)c3)n[nH]2)cc1. The van der Waals surface area contributed by atoms with Crippen molar-refractivity contribution in [2.75, 3.05) is 7.11 Å². The van der Waals surface area contributed by atoms with E-state index < -0.39 is 0 Å². The number of aryl methyl sites for hydroxylation is 1. The van der Waals surface area contributed by atoms with Crippen LogP contribution in [0.15, 0.2) is 72.8 Å². The number of H-pyrrole nitrogens is 2. The third-order valence-electron chi connectivity index (χ3n) is 5.04. The number of nitrogens with one attached hydrogen (secondary N) is 2. The molecule has 0 aliphatic rings. The first kappa shape index (κ1) is 18.7. The Kier molecular flexibility index (Phi) is 4.76. The summed E-state index contributed by atoms with van der Waals surface area (Å²) in [4.78, 5) is 9.30. The van der Waals surface area contributed by atoms with Crippen LogP contribution >= 0.6 is 0 Å². The molecule has 0 unspecified atom stereocenters. The normalized spacial score (nSPS) is 10.9. The average molecular weight is 408 g/mol. The summed E-state index contributed by atoms with van der Waals surface area (Å²) in [5, 5.41) is 14.8. The van der Waals surface area contributed by atoms with Crippen molar-refractivity contribution in [2.45, 2.75) is 6.92 Å². The number of nitrogens with zero attached hydrogens (tertiary/aromatic N) is 4. The van der Waals surface area contributed by atoms with Gasteiger partial charge in [-0.2, -0.15) is 10.2 Å². The molecular formula is C24H20N6O. The second-order valence-electron chi connectivity index (χ2n) is 7.19. The minimum atomic E-state index is 0.613. The van der Waals surface area contributed by atoms with Gasteiger partial charge in [0.1, 0.15) is 5.75 Å². The van der Waals surface area contributed by atoms with Gasteiger partial charge in [0, 0.05) is 22.3 Å². The summed E-state index contributed by atoms with van der Waals surface area (Å²) >= 11 is 0. The molecule has 0 saturated carbocycles. The Hall–Kier alpha value is -4.26. The lowest BCUT2D eigenvalue weighted by molar-refractivity contribution is 0.415.